The molecule has 0 aliphatic carbocycles. The molecular formula is C33H30ClN3O3. The van der Waals surface area contributed by atoms with Crippen LogP contribution in [0, 0.1) is 0 Å². The van der Waals surface area contributed by atoms with E-state index in [1.807, 2.05) is 60.7 Å². The van der Waals surface area contributed by atoms with Gasteiger partial charge < -0.3 is 14.8 Å². The zero-order chi connectivity index (χ0) is 27.9. The van der Waals surface area contributed by atoms with Gasteiger partial charge in [0.05, 0.1) is 25.6 Å². The summed E-state index contributed by atoms with van der Waals surface area (Å²) in [5, 5.41) is 8.47. The molecule has 0 radical (unpaired) electrons. The number of carbonyl (C=O) groups is 1. The molecule has 7 heteroatoms. The first kappa shape index (κ1) is 27.0. The number of hydrogen-bond acceptors (Lipinski definition) is 4. The first-order valence-corrected chi connectivity index (χ1v) is 13.4. The molecule has 4 aromatic carbocycles. The molecule has 5 rings (SSSR count). The second kappa shape index (κ2) is 12.5. The Morgan fingerprint density at radius 1 is 0.850 bits per heavy atom. The van der Waals surface area contributed by atoms with E-state index < -0.39 is 0 Å². The summed E-state index contributed by atoms with van der Waals surface area (Å²) in [7, 11) is 3.20. The maximum absolute atomic E-state index is 13.6. The Labute approximate surface area is 239 Å². The van der Waals surface area contributed by atoms with Crippen LogP contribution in [0.15, 0.2) is 109 Å². The number of aromatic nitrogens is 2. The maximum atomic E-state index is 13.6. The van der Waals surface area contributed by atoms with E-state index >= 15 is 0 Å². The zero-order valence-corrected chi connectivity index (χ0v) is 23.1. The molecule has 5 aromatic rings. The molecule has 0 fully saturated rings. The van der Waals surface area contributed by atoms with Crippen molar-refractivity contribution in [3.05, 3.63) is 131 Å². The molecule has 1 heterocycles. The van der Waals surface area contributed by atoms with Crippen molar-refractivity contribution < 1.29 is 14.3 Å². The summed E-state index contributed by atoms with van der Waals surface area (Å²) in [4.78, 5) is 13.6. The first-order chi connectivity index (χ1) is 19.6. The summed E-state index contributed by atoms with van der Waals surface area (Å²) in [5.74, 6) is 1.18. The largest absolute Gasteiger partial charge is 0.497 e. The lowest BCUT2D eigenvalue weighted by Crippen LogP contribution is -2.28. The van der Waals surface area contributed by atoms with Gasteiger partial charge in [-0.1, -0.05) is 78.3 Å². The van der Waals surface area contributed by atoms with Crippen LogP contribution in [0.3, 0.4) is 0 Å². The van der Waals surface area contributed by atoms with Crippen molar-refractivity contribution in [2.75, 3.05) is 20.8 Å². The van der Waals surface area contributed by atoms with Crippen LogP contribution in [-0.2, 0) is 0 Å². The Bertz CT molecular complexity index is 1550. The topological polar surface area (TPSA) is 65.4 Å². The maximum Gasteiger partial charge on any atom is 0.270 e. The molecular weight excluding hydrogens is 522 g/mol. The van der Waals surface area contributed by atoms with Gasteiger partial charge in [0.25, 0.3) is 5.91 Å². The van der Waals surface area contributed by atoms with E-state index in [4.69, 9.17) is 26.2 Å². The summed E-state index contributed by atoms with van der Waals surface area (Å²) in [6.45, 7) is 0.481. The highest BCUT2D eigenvalue weighted by Crippen LogP contribution is 2.34. The predicted molar refractivity (Wildman–Crippen MR) is 159 cm³/mol. The van der Waals surface area contributed by atoms with Crippen LogP contribution in [-0.4, -0.2) is 36.5 Å². The van der Waals surface area contributed by atoms with E-state index in [-0.39, 0.29) is 11.8 Å². The average molecular weight is 552 g/mol. The lowest BCUT2D eigenvalue weighted by Gasteiger charge is -2.18. The Morgan fingerprint density at radius 3 is 2.17 bits per heavy atom. The molecule has 0 saturated carbocycles. The Hall–Kier alpha value is -4.55. The number of carbonyl (C=O) groups excluding carboxylic acids is 1. The fourth-order valence-corrected chi connectivity index (χ4v) is 4.99. The van der Waals surface area contributed by atoms with E-state index in [0.717, 1.165) is 12.0 Å². The number of methoxy groups -OCH3 is 2. The molecule has 1 aromatic heterocycles. The number of ether oxygens (including phenoxy) is 2. The Kier molecular flexibility index (Phi) is 8.47. The number of nitrogens with one attached hydrogen (secondary N) is 1. The molecule has 1 N–H and O–H groups in total. The fourth-order valence-electron chi connectivity index (χ4n) is 4.81. The molecule has 0 saturated heterocycles. The van der Waals surface area contributed by atoms with Crippen LogP contribution in [0.4, 0.5) is 0 Å². The highest BCUT2D eigenvalue weighted by Gasteiger charge is 2.21. The van der Waals surface area contributed by atoms with Crippen LogP contribution in [0.25, 0.3) is 16.9 Å². The van der Waals surface area contributed by atoms with Gasteiger partial charge in [0, 0.05) is 29.1 Å². The number of halogens is 1. The molecule has 40 heavy (non-hydrogen) atoms. The number of hydrogen-bond donors (Lipinski definition) is 1. The Morgan fingerprint density at radius 2 is 1.55 bits per heavy atom. The van der Waals surface area contributed by atoms with Gasteiger partial charge in [-0.2, -0.15) is 5.10 Å². The molecule has 0 aliphatic heterocycles. The predicted octanol–water partition coefficient (Wildman–Crippen LogP) is 7.16. The van der Waals surface area contributed by atoms with Gasteiger partial charge in [0.1, 0.15) is 17.2 Å². The minimum absolute atomic E-state index is 0.152. The molecule has 0 spiro atoms. The average Bonchev–Trinajstić information content (AvgIpc) is 3.45. The smallest absolute Gasteiger partial charge is 0.270 e. The van der Waals surface area contributed by atoms with Crippen molar-refractivity contribution in [3.63, 3.8) is 0 Å². The monoisotopic (exact) mass is 551 g/mol. The second-order valence-electron chi connectivity index (χ2n) is 9.29. The van der Waals surface area contributed by atoms with Gasteiger partial charge in [-0.05, 0) is 53.9 Å². The third-order valence-electron chi connectivity index (χ3n) is 6.80. The van der Waals surface area contributed by atoms with Gasteiger partial charge in [-0.3, -0.25) is 4.79 Å². The normalized spacial score (nSPS) is 10.9. The third-order valence-corrected chi connectivity index (χ3v) is 7.04. The van der Waals surface area contributed by atoms with E-state index in [2.05, 4.69) is 29.6 Å². The number of rotatable bonds is 10. The second-order valence-corrected chi connectivity index (χ2v) is 9.73. The summed E-state index contributed by atoms with van der Waals surface area (Å²) in [5.41, 5.74) is 4.83. The fraction of sp³-hybridized carbons (Fsp3) is 0.152. The summed E-state index contributed by atoms with van der Waals surface area (Å²) < 4.78 is 12.6. The van der Waals surface area contributed by atoms with E-state index in [1.54, 1.807) is 43.2 Å². The van der Waals surface area contributed by atoms with Crippen LogP contribution >= 0.6 is 11.6 Å². The SMILES string of the molecule is COc1ccc(-c2cc(C(=O)NCCC(c3ccccc3)c3ccccc3)n(-c3cccc(Cl)c3)n2)c(OC)c1. The molecule has 202 valence electrons. The summed E-state index contributed by atoms with van der Waals surface area (Å²) >= 11 is 6.29. The molecule has 0 aliphatic rings. The van der Waals surface area contributed by atoms with Crippen molar-refractivity contribution in [1.82, 2.24) is 15.1 Å². The molecule has 0 atom stereocenters. The van der Waals surface area contributed by atoms with Gasteiger partial charge >= 0.3 is 0 Å². The lowest BCUT2D eigenvalue weighted by molar-refractivity contribution is 0.0945. The summed E-state index contributed by atoms with van der Waals surface area (Å²) in [6, 6.07) is 35.2. The van der Waals surface area contributed by atoms with Gasteiger partial charge in [-0.25, -0.2) is 4.68 Å². The van der Waals surface area contributed by atoms with Gasteiger partial charge in [-0.15, -0.1) is 0 Å². The van der Waals surface area contributed by atoms with E-state index in [0.29, 0.717) is 40.1 Å². The highest BCUT2D eigenvalue weighted by atomic mass is 35.5. The number of amides is 1. The molecule has 0 unspecified atom stereocenters. The lowest BCUT2D eigenvalue weighted by atomic mass is 9.88. The van der Waals surface area contributed by atoms with Crippen LogP contribution in [0.2, 0.25) is 5.02 Å². The number of nitrogens with zero attached hydrogens (tertiary/aromatic N) is 2. The van der Waals surface area contributed by atoms with Crippen molar-refractivity contribution in [2.45, 2.75) is 12.3 Å². The standard InChI is InChI=1S/C33H30ClN3O3/c1-39-27-16-17-29(32(21-27)40-2)30-22-31(37(36-30)26-15-9-14-25(34)20-26)33(38)35-19-18-28(23-10-5-3-6-11-23)24-12-7-4-8-13-24/h3-17,20-22,28H,18-19H2,1-2H3,(H,35,38). The van der Waals surface area contributed by atoms with E-state index in [1.165, 1.54) is 11.1 Å². The van der Waals surface area contributed by atoms with Crippen molar-refractivity contribution >= 4 is 17.5 Å². The van der Waals surface area contributed by atoms with Gasteiger partial charge in [0.2, 0.25) is 0 Å². The molecule has 0 bridgehead atoms. The first-order valence-electron chi connectivity index (χ1n) is 13.0. The van der Waals surface area contributed by atoms with Crippen LogP contribution in [0.5, 0.6) is 11.5 Å². The van der Waals surface area contributed by atoms with E-state index in [9.17, 15) is 4.79 Å². The van der Waals surface area contributed by atoms with Crippen LogP contribution < -0.4 is 14.8 Å². The summed E-state index contributed by atoms with van der Waals surface area (Å²) in [6.07, 6.45) is 0.740. The van der Waals surface area contributed by atoms with Crippen molar-refractivity contribution in [3.8, 4) is 28.4 Å². The minimum atomic E-state index is -0.230. The molecule has 6 nitrogen and oxygen atoms in total. The zero-order valence-electron chi connectivity index (χ0n) is 22.4. The van der Waals surface area contributed by atoms with Crippen LogP contribution in [0.1, 0.15) is 34.0 Å². The quantitative estimate of drug-likeness (QED) is 0.200. The minimum Gasteiger partial charge on any atom is -0.497 e. The van der Waals surface area contributed by atoms with Crippen molar-refractivity contribution in [2.24, 2.45) is 0 Å². The Balaban J connectivity index is 1.44. The van der Waals surface area contributed by atoms with Gasteiger partial charge in [0.15, 0.2) is 0 Å². The van der Waals surface area contributed by atoms with Crippen molar-refractivity contribution in [1.29, 1.82) is 0 Å². The third kappa shape index (κ3) is 6.03. The number of benzene rings is 4. The highest BCUT2D eigenvalue weighted by molar-refractivity contribution is 6.30. The molecule has 1 amide bonds.